The van der Waals surface area contributed by atoms with Gasteiger partial charge in [-0.2, -0.15) is 14.9 Å². The molecule has 5 rings (SSSR count). The van der Waals surface area contributed by atoms with Gasteiger partial charge in [0.25, 0.3) is 17.0 Å². The molecule has 1 unspecified atom stereocenters. The van der Waals surface area contributed by atoms with Crippen molar-refractivity contribution in [2.24, 2.45) is 17.3 Å². The Morgan fingerprint density at radius 3 is 2.55 bits per heavy atom. The molecule has 0 amide bonds. The average molecular weight is 446 g/mol. The predicted molar refractivity (Wildman–Crippen MR) is 119 cm³/mol. The maximum absolute atomic E-state index is 13.3. The van der Waals surface area contributed by atoms with E-state index in [-0.39, 0.29) is 28.5 Å². The Labute approximate surface area is 184 Å². The zero-order valence-electron chi connectivity index (χ0n) is 17.5. The van der Waals surface area contributed by atoms with Crippen molar-refractivity contribution in [2.45, 2.75) is 13.0 Å². The number of rotatable bonds is 4. The van der Waals surface area contributed by atoms with E-state index in [9.17, 15) is 14.4 Å². The minimum Gasteiger partial charge on any atom is -0.383 e. The predicted octanol–water partition coefficient (Wildman–Crippen LogP) is 1.12. The van der Waals surface area contributed by atoms with Crippen LogP contribution in [0.2, 0.25) is 0 Å². The molecule has 0 saturated carbocycles. The van der Waals surface area contributed by atoms with Crippen LogP contribution in [0, 0.1) is 12.3 Å². The standard InChI is InChI=1S/C20H18N10O3/c1-9-13(19(32)30(28(9)2)10-6-4-3-5-7-10)11-8-12-23-24-16(20(33)29(12)27-11)15(21)14-17(22)25-26-18(14)31/h3-8,16,21H,1-2H3,(H4,22,25,26,31). The van der Waals surface area contributed by atoms with Crippen LogP contribution in [0.25, 0.3) is 16.9 Å². The van der Waals surface area contributed by atoms with Gasteiger partial charge in [-0.15, -0.1) is 5.11 Å². The molecule has 0 fully saturated rings. The lowest BCUT2D eigenvalue weighted by atomic mass is 10.1. The summed E-state index contributed by atoms with van der Waals surface area (Å²) in [6.45, 7) is 1.78. The molecule has 0 radical (unpaired) electrons. The summed E-state index contributed by atoms with van der Waals surface area (Å²) in [4.78, 5) is 38.2. The molecule has 0 saturated heterocycles. The van der Waals surface area contributed by atoms with Gasteiger partial charge >= 0.3 is 0 Å². The van der Waals surface area contributed by atoms with Crippen molar-refractivity contribution in [1.29, 1.82) is 5.41 Å². The SMILES string of the molecule is Cc1c(-c2cc3n(n2)C(=O)C(C(=N)c2c(N)[nH][nH]c2=O)N=N3)c(=O)n(-c2ccccc2)n1C. The van der Waals surface area contributed by atoms with Crippen molar-refractivity contribution in [3.63, 3.8) is 0 Å². The minimum atomic E-state index is -1.40. The second-order valence-corrected chi connectivity index (χ2v) is 7.47. The summed E-state index contributed by atoms with van der Waals surface area (Å²) < 4.78 is 4.19. The van der Waals surface area contributed by atoms with Crippen molar-refractivity contribution in [3.05, 3.63) is 68.4 Å². The number of para-hydroxylation sites is 1. The monoisotopic (exact) mass is 446 g/mol. The van der Waals surface area contributed by atoms with Gasteiger partial charge in [0.1, 0.15) is 17.1 Å². The zero-order chi connectivity index (χ0) is 23.4. The molecule has 166 valence electrons. The van der Waals surface area contributed by atoms with Crippen LogP contribution in [0.5, 0.6) is 0 Å². The molecular formula is C20H18N10O3. The van der Waals surface area contributed by atoms with Crippen LogP contribution in [-0.4, -0.2) is 47.0 Å². The van der Waals surface area contributed by atoms with Crippen LogP contribution in [0.1, 0.15) is 16.1 Å². The highest BCUT2D eigenvalue weighted by atomic mass is 16.2. The lowest BCUT2D eigenvalue weighted by molar-refractivity contribution is 0.0882. The number of hydrogen-bond acceptors (Lipinski definition) is 8. The van der Waals surface area contributed by atoms with Gasteiger partial charge < -0.3 is 11.1 Å². The van der Waals surface area contributed by atoms with Gasteiger partial charge in [0.05, 0.1) is 17.0 Å². The number of benzene rings is 1. The molecular weight excluding hydrogens is 428 g/mol. The summed E-state index contributed by atoms with van der Waals surface area (Å²) in [7, 11) is 1.75. The number of nitrogen functional groups attached to an aromatic ring is 1. The van der Waals surface area contributed by atoms with Gasteiger partial charge in [0.2, 0.25) is 0 Å². The van der Waals surface area contributed by atoms with E-state index in [0.717, 1.165) is 4.68 Å². The van der Waals surface area contributed by atoms with Gasteiger partial charge in [-0.05, 0) is 19.1 Å². The van der Waals surface area contributed by atoms with Crippen LogP contribution in [0.15, 0.2) is 56.2 Å². The van der Waals surface area contributed by atoms with E-state index in [1.807, 2.05) is 30.3 Å². The van der Waals surface area contributed by atoms with Crippen LogP contribution in [0.3, 0.4) is 0 Å². The average Bonchev–Trinajstić information content (AvgIpc) is 3.43. The lowest BCUT2D eigenvalue weighted by Crippen LogP contribution is -2.37. The third kappa shape index (κ3) is 2.90. The number of carbonyl (C=O) groups excluding carboxylic acids is 1. The first-order valence-corrected chi connectivity index (χ1v) is 9.84. The zero-order valence-corrected chi connectivity index (χ0v) is 17.5. The van der Waals surface area contributed by atoms with E-state index in [1.54, 1.807) is 18.7 Å². The minimum absolute atomic E-state index is 0.0821. The van der Waals surface area contributed by atoms with Crippen molar-refractivity contribution in [3.8, 4) is 16.9 Å². The topological polar surface area (TPSA) is 185 Å². The molecule has 0 bridgehead atoms. The first-order valence-electron chi connectivity index (χ1n) is 9.84. The largest absolute Gasteiger partial charge is 0.383 e. The number of anilines is 1. The van der Waals surface area contributed by atoms with Gasteiger partial charge in [-0.3, -0.25) is 29.3 Å². The Balaban J connectivity index is 1.57. The normalized spacial score (nSPS) is 15.1. The van der Waals surface area contributed by atoms with Crippen molar-refractivity contribution in [1.82, 2.24) is 29.3 Å². The third-order valence-corrected chi connectivity index (χ3v) is 5.57. The van der Waals surface area contributed by atoms with Gasteiger partial charge in [-0.25, -0.2) is 4.68 Å². The summed E-state index contributed by atoms with van der Waals surface area (Å²) in [6.07, 6.45) is 0. The number of carbonyl (C=O) groups is 1. The highest BCUT2D eigenvalue weighted by molar-refractivity contribution is 6.17. The van der Waals surface area contributed by atoms with Gasteiger partial charge in [0, 0.05) is 18.8 Å². The summed E-state index contributed by atoms with van der Waals surface area (Å²) in [5.74, 6) is -0.654. The lowest BCUT2D eigenvalue weighted by Gasteiger charge is -2.14. The number of nitrogens with two attached hydrogens (primary N) is 1. The highest BCUT2D eigenvalue weighted by Gasteiger charge is 2.35. The summed E-state index contributed by atoms with van der Waals surface area (Å²) in [5.41, 5.74) is 6.02. The number of aromatic amines is 2. The van der Waals surface area contributed by atoms with Gasteiger partial charge in [0.15, 0.2) is 11.9 Å². The molecule has 4 aromatic rings. The fourth-order valence-corrected chi connectivity index (χ4v) is 3.83. The van der Waals surface area contributed by atoms with Crippen molar-refractivity contribution < 1.29 is 4.79 Å². The number of nitrogens with one attached hydrogen (secondary N) is 3. The molecule has 33 heavy (non-hydrogen) atoms. The molecule has 3 aromatic heterocycles. The Bertz CT molecular complexity index is 1580. The number of fused-ring (bicyclic) bond motifs is 1. The number of H-pyrrole nitrogens is 2. The second kappa shape index (κ2) is 7.12. The molecule has 1 atom stereocenters. The maximum atomic E-state index is 13.3. The van der Waals surface area contributed by atoms with E-state index >= 15 is 0 Å². The van der Waals surface area contributed by atoms with E-state index in [2.05, 4.69) is 25.5 Å². The molecule has 1 aliphatic heterocycles. The van der Waals surface area contributed by atoms with Crippen LogP contribution >= 0.6 is 0 Å². The van der Waals surface area contributed by atoms with Crippen molar-refractivity contribution in [2.75, 3.05) is 5.73 Å². The smallest absolute Gasteiger partial charge is 0.281 e. The Morgan fingerprint density at radius 1 is 1.15 bits per heavy atom. The summed E-state index contributed by atoms with van der Waals surface area (Å²) in [6, 6.07) is 9.22. The van der Waals surface area contributed by atoms with Gasteiger partial charge in [-0.1, -0.05) is 18.2 Å². The molecule has 0 spiro atoms. The van der Waals surface area contributed by atoms with Crippen LogP contribution in [0.4, 0.5) is 11.6 Å². The van der Waals surface area contributed by atoms with E-state index in [0.29, 0.717) is 16.9 Å². The van der Waals surface area contributed by atoms with Crippen LogP contribution < -0.4 is 16.9 Å². The third-order valence-electron chi connectivity index (χ3n) is 5.57. The van der Waals surface area contributed by atoms with E-state index < -0.39 is 23.2 Å². The van der Waals surface area contributed by atoms with E-state index in [1.165, 1.54) is 10.7 Å². The number of aromatic nitrogens is 6. The number of azo groups is 1. The molecule has 13 nitrogen and oxygen atoms in total. The molecule has 1 aliphatic rings. The highest BCUT2D eigenvalue weighted by Crippen LogP contribution is 2.29. The first-order chi connectivity index (χ1) is 15.8. The van der Waals surface area contributed by atoms with Crippen LogP contribution in [-0.2, 0) is 7.05 Å². The Morgan fingerprint density at radius 2 is 1.88 bits per heavy atom. The van der Waals surface area contributed by atoms with Crippen molar-refractivity contribution >= 4 is 23.3 Å². The quantitative estimate of drug-likeness (QED) is 0.342. The first kappa shape index (κ1) is 20.1. The summed E-state index contributed by atoms with van der Waals surface area (Å²) >= 11 is 0. The Hall–Kier alpha value is -4.81. The number of hydrogen-bond donors (Lipinski definition) is 4. The Kier molecular flexibility index (Phi) is 4.34. The molecule has 5 N–H and O–H groups in total. The van der Waals surface area contributed by atoms with E-state index in [4.69, 9.17) is 11.1 Å². The second-order valence-electron chi connectivity index (χ2n) is 7.47. The maximum Gasteiger partial charge on any atom is 0.281 e. The molecule has 4 heterocycles. The number of nitrogens with zero attached hydrogens (tertiary/aromatic N) is 6. The molecule has 0 aliphatic carbocycles. The summed E-state index contributed by atoms with van der Waals surface area (Å²) in [5, 5.41) is 25.1. The molecule has 13 heteroatoms. The fourth-order valence-electron chi connectivity index (χ4n) is 3.83. The molecule has 1 aromatic carbocycles. The fraction of sp³-hybridized carbons (Fsp3) is 0.150.